The van der Waals surface area contributed by atoms with E-state index in [1.165, 1.54) is 6.07 Å². The van der Waals surface area contributed by atoms with Gasteiger partial charge in [-0.2, -0.15) is 0 Å². The van der Waals surface area contributed by atoms with Crippen LogP contribution in [-0.4, -0.2) is 61.2 Å². The molecule has 0 fully saturated rings. The Morgan fingerprint density at radius 3 is 2.43 bits per heavy atom. The van der Waals surface area contributed by atoms with E-state index in [1.54, 1.807) is 24.3 Å². The lowest BCUT2D eigenvalue weighted by atomic mass is 9.84. The van der Waals surface area contributed by atoms with Gasteiger partial charge in [-0.3, -0.25) is 24.7 Å². The lowest BCUT2D eigenvalue weighted by Crippen LogP contribution is -2.58. The number of carbonyl (C=O) groups excluding carboxylic acids is 3. The quantitative estimate of drug-likeness (QED) is 0.314. The minimum absolute atomic E-state index is 0.00128. The van der Waals surface area contributed by atoms with Gasteiger partial charge in [0, 0.05) is 12.2 Å². The highest BCUT2D eigenvalue weighted by Gasteiger charge is 2.49. The number of anilines is 1. The third-order valence-corrected chi connectivity index (χ3v) is 6.67. The Morgan fingerprint density at radius 1 is 1.11 bits per heavy atom. The highest BCUT2D eigenvalue weighted by atomic mass is 35.5. The van der Waals surface area contributed by atoms with Crippen molar-refractivity contribution in [2.75, 3.05) is 38.2 Å². The second kappa shape index (κ2) is 12.8. The van der Waals surface area contributed by atoms with E-state index >= 15 is 0 Å². The number of benzene rings is 2. The molecule has 9 nitrogen and oxygen atoms in total. The molecular weight excluding hydrogens is 499 g/mol. The molecule has 37 heavy (non-hydrogen) atoms. The lowest BCUT2D eigenvalue weighted by molar-refractivity contribution is -0.123. The minimum Gasteiger partial charge on any atom is -0.367 e. The Morgan fingerprint density at radius 2 is 1.81 bits per heavy atom. The summed E-state index contributed by atoms with van der Waals surface area (Å²) in [7, 11) is 0. The number of carbonyl (C=O) groups is 3. The molecule has 0 aromatic heterocycles. The number of aliphatic imine (C=N–C) groups is 1. The molecule has 1 aliphatic rings. The van der Waals surface area contributed by atoms with Gasteiger partial charge in [-0.25, -0.2) is 4.39 Å². The molecule has 0 spiro atoms. The summed E-state index contributed by atoms with van der Waals surface area (Å²) in [5.41, 5.74) is 5.10. The van der Waals surface area contributed by atoms with E-state index in [0.717, 1.165) is 44.6 Å². The van der Waals surface area contributed by atoms with Gasteiger partial charge in [0.15, 0.2) is 5.54 Å². The van der Waals surface area contributed by atoms with Crippen molar-refractivity contribution >= 4 is 40.7 Å². The molecule has 11 heteroatoms. The van der Waals surface area contributed by atoms with Crippen molar-refractivity contribution in [2.24, 2.45) is 10.7 Å². The number of unbranched alkanes of at least 4 members (excludes halogenated alkanes) is 1. The Bertz CT molecular complexity index is 1170. The van der Waals surface area contributed by atoms with Crippen LogP contribution >= 0.6 is 11.6 Å². The van der Waals surface area contributed by atoms with Gasteiger partial charge in [-0.1, -0.05) is 37.6 Å². The third-order valence-electron chi connectivity index (χ3n) is 6.35. The first-order valence-electron chi connectivity index (χ1n) is 12.2. The van der Waals surface area contributed by atoms with Crippen LogP contribution in [-0.2, 0) is 15.1 Å². The Labute approximate surface area is 220 Å². The first kappa shape index (κ1) is 28.2. The molecule has 198 valence electrons. The number of hydrogen-bond donors (Lipinski definition) is 4. The molecule has 2 aromatic carbocycles. The van der Waals surface area contributed by atoms with Gasteiger partial charge < -0.3 is 21.3 Å². The smallest absolute Gasteiger partial charge is 0.268 e. The SMILES string of the molecule is CCN(CC)CCCCNC(=O)C1=NCNC1(C(N)=O)c1ccc(NC(=O)c2ccc(F)cc2Cl)cc1. The number of primary amides is 1. The molecule has 3 amide bonds. The van der Waals surface area contributed by atoms with Gasteiger partial charge >= 0.3 is 0 Å². The predicted molar refractivity (Wildman–Crippen MR) is 142 cm³/mol. The molecule has 1 unspecified atom stereocenters. The van der Waals surface area contributed by atoms with Crippen LogP contribution in [0.4, 0.5) is 10.1 Å². The summed E-state index contributed by atoms with van der Waals surface area (Å²) in [6.45, 7) is 7.64. The van der Waals surface area contributed by atoms with Crippen LogP contribution < -0.4 is 21.7 Å². The number of rotatable bonds is 12. The molecule has 3 rings (SSSR count). The zero-order chi connectivity index (χ0) is 27.0. The molecule has 1 heterocycles. The maximum Gasteiger partial charge on any atom is 0.268 e. The molecule has 1 atom stereocenters. The summed E-state index contributed by atoms with van der Waals surface area (Å²) in [5.74, 6) is -2.30. The van der Waals surface area contributed by atoms with Gasteiger partial charge in [0.2, 0.25) is 5.91 Å². The standard InChI is InChI=1S/C26H32ClFN6O3/c1-3-34(4-2)14-6-5-13-30-24(36)22-26(25(29)37,32-16-31-22)17-7-10-19(11-8-17)33-23(35)20-12-9-18(28)15-21(20)27/h7-12,15,32H,3-6,13-14,16H2,1-2H3,(H2,29,37)(H,30,36)(H,33,35). The van der Waals surface area contributed by atoms with Crippen molar-refractivity contribution in [3.05, 3.63) is 64.4 Å². The van der Waals surface area contributed by atoms with Crippen LogP contribution in [0, 0.1) is 5.82 Å². The molecule has 0 radical (unpaired) electrons. The van der Waals surface area contributed by atoms with Crippen LogP contribution in [0.25, 0.3) is 0 Å². The molecule has 2 aromatic rings. The number of nitrogens with two attached hydrogens (primary N) is 1. The van der Waals surface area contributed by atoms with Crippen molar-refractivity contribution in [2.45, 2.75) is 32.2 Å². The number of amides is 3. The van der Waals surface area contributed by atoms with Crippen molar-refractivity contribution in [3.63, 3.8) is 0 Å². The Hall–Kier alpha value is -3.34. The molecule has 1 aliphatic heterocycles. The van der Waals surface area contributed by atoms with Crippen LogP contribution in [0.5, 0.6) is 0 Å². The summed E-state index contributed by atoms with van der Waals surface area (Å²) < 4.78 is 13.3. The van der Waals surface area contributed by atoms with E-state index in [1.807, 2.05) is 0 Å². The van der Waals surface area contributed by atoms with Crippen molar-refractivity contribution < 1.29 is 18.8 Å². The molecule has 0 saturated carbocycles. The second-order valence-electron chi connectivity index (χ2n) is 8.60. The first-order valence-corrected chi connectivity index (χ1v) is 12.6. The van der Waals surface area contributed by atoms with Crippen molar-refractivity contribution in [3.8, 4) is 0 Å². The summed E-state index contributed by atoms with van der Waals surface area (Å²) in [6.07, 6.45) is 1.73. The van der Waals surface area contributed by atoms with E-state index in [-0.39, 0.29) is 23.0 Å². The molecule has 0 aliphatic carbocycles. The van der Waals surface area contributed by atoms with Crippen LogP contribution in [0.2, 0.25) is 5.02 Å². The lowest BCUT2D eigenvalue weighted by Gasteiger charge is -2.28. The summed E-state index contributed by atoms with van der Waals surface area (Å²) in [4.78, 5) is 44.7. The van der Waals surface area contributed by atoms with E-state index in [9.17, 15) is 18.8 Å². The summed E-state index contributed by atoms with van der Waals surface area (Å²) in [6, 6.07) is 9.78. The Kier molecular flexibility index (Phi) is 9.73. The molecule has 5 N–H and O–H groups in total. The van der Waals surface area contributed by atoms with Crippen molar-refractivity contribution in [1.29, 1.82) is 0 Å². The van der Waals surface area contributed by atoms with Crippen LogP contribution in [0.1, 0.15) is 42.6 Å². The molecular formula is C26H32ClFN6O3. The topological polar surface area (TPSA) is 129 Å². The summed E-state index contributed by atoms with van der Waals surface area (Å²) in [5, 5.41) is 8.46. The van der Waals surface area contributed by atoms with Gasteiger partial charge in [-0.05, 0) is 68.4 Å². The number of nitrogens with one attached hydrogen (secondary N) is 3. The van der Waals surface area contributed by atoms with Crippen LogP contribution in [0.3, 0.4) is 0 Å². The van der Waals surface area contributed by atoms with E-state index in [4.69, 9.17) is 17.3 Å². The number of nitrogens with zero attached hydrogens (tertiary/aromatic N) is 2. The Balaban J connectivity index is 1.68. The van der Waals surface area contributed by atoms with Gasteiger partial charge in [0.25, 0.3) is 11.8 Å². The van der Waals surface area contributed by atoms with Gasteiger partial charge in [0.1, 0.15) is 11.5 Å². The fourth-order valence-corrected chi connectivity index (χ4v) is 4.48. The highest BCUT2D eigenvalue weighted by Crippen LogP contribution is 2.28. The first-order chi connectivity index (χ1) is 17.7. The monoisotopic (exact) mass is 530 g/mol. The number of hydrogen-bond acceptors (Lipinski definition) is 6. The number of halogens is 2. The fraction of sp³-hybridized carbons (Fsp3) is 0.385. The van der Waals surface area contributed by atoms with Gasteiger partial charge in [-0.15, -0.1) is 0 Å². The molecule has 0 saturated heterocycles. The zero-order valence-corrected chi connectivity index (χ0v) is 21.7. The average Bonchev–Trinajstić information content (AvgIpc) is 3.33. The van der Waals surface area contributed by atoms with E-state index in [2.05, 4.69) is 39.7 Å². The maximum absolute atomic E-state index is 13.3. The highest BCUT2D eigenvalue weighted by molar-refractivity contribution is 6.47. The van der Waals surface area contributed by atoms with Crippen LogP contribution in [0.15, 0.2) is 47.5 Å². The maximum atomic E-state index is 13.3. The van der Waals surface area contributed by atoms with E-state index in [0.29, 0.717) is 17.8 Å². The fourth-order valence-electron chi connectivity index (χ4n) is 4.23. The largest absolute Gasteiger partial charge is 0.367 e. The third kappa shape index (κ3) is 6.51. The average molecular weight is 531 g/mol. The second-order valence-corrected chi connectivity index (χ2v) is 9.01. The zero-order valence-electron chi connectivity index (χ0n) is 20.9. The van der Waals surface area contributed by atoms with Gasteiger partial charge in [0.05, 0.1) is 17.3 Å². The predicted octanol–water partition coefficient (Wildman–Crippen LogP) is 2.65. The normalized spacial score (nSPS) is 16.9. The summed E-state index contributed by atoms with van der Waals surface area (Å²) >= 11 is 5.97. The minimum atomic E-state index is -1.60. The molecule has 0 bridgehead atoms. The van der Waals surface area contributed by atoms with E-state index < -0.39 is 29.1 Å². The van der Waals surface area contributed by atoms with Crippen molar-refractivity contribution in [1.82, 2.24) is 15.5 Å².